The van der Waals surface area contributed by atoms with Crippen LogP contribution in [0, 0.1) is 18.3 Å². The molecule has 0 radical (unpaired) electrons. The minimum absolute atomic E-state index is 0.00536. The number of aliphatic hydroxyl groups is 3. The van der Waals surface area contributed by atoms with Crippen molar-refractivity contribution < 1.29 is 53.6 Å². The van der Waals surface area contributed by atoms with E-state index in [1.807, 2.05) is 80.6 Å². The maximum atomic E-state index is 13.5. The van der Waals surface area contributed by atoms with Crippen LogP contribution >= 0.6 is 11.6 Å². The topological polar surface area (TPSA) is 239 Å². The smallest absolute Gasteiger partial charge is 0.372 e. The Hall–Kier alpha value is -7.15. The van der Waals surface area contributed by atoms with Crippen molar-refractivity contribution in [3.63, 3.8) is 0 Å². The summed E-state index contributed by atoms with van der Waals surface area (Å²) in [6, 6.07) is 27.6. The minimum atomic E-state index is -1.70. The number of rotatable bonds is 13. The van der Waals surface area contributed by atoms with E-state index < -0.39 is 53.8 Å². The summed E-state index contributed by atoms with van der Waals surface area (Å²) in [4.78, 5) is 85.0. The molecule has 5 atom stereocenters. The molecule has 0 saturated carbocycles. The number of nitrogens with zero attached hydrogens (tertiary/aromatic N) is 5. The summed E-state index contributed by atoms with van der Waals surface area (Å²) in [6.07, 6.45) is 2.06. The van der Waals surface area contributed by atoms with E-state index in [0.29, 0.717) is 22.5 Å². The van der Waals surface area contributed by atoms with Gasteiger partial charge in [-0.25, -0.2) is 15.1 Å². The Morgan fingerprint density at radius 3 is 2.13 bits per heavy atom. The Bertz CT molecular complexity index is 2650. The van der Waals surface area contributed by atoms with E-state index in [1.54, 1.807) is 82.1 Å². The van der Waals surface area contributed by atoms with Crippen molar-refractivity contribution in [2.45, 2.75) is 85.8 Å². The molecular weight excluding hydrogens is 922 g/mol. The molecular formula is C51H56ClN7O11. The van der Waals surface area contributed by atoms with Gasteiger partial charge in [0.05, 0.1) is 39.9 Å². The molecule has 3 aliphatic heterocycles. The average molecular weight is 978 g/mol. The summed E-state index contributed by atoms with van der Waals surface area (Å²) < 4.78 is 5.60. The van der Waals surface area contributed by atoms with Crippen LogP contribution in [0.3, 0.4) is 0 Å². The molecule has 3 heterocycles. The number of nitrogens with one attached hydrogen (secondary N) is 2. The SMILES string of the molecule is CC1=NN(c2ccc(C(O)O)cc2)C(=O)/C1=C/C=C/C1C(C)NN(c2ccccc2)C1O.CCOC1C(=O)N(C(C(=O)Nc2cc(C)ccc2Cl)C(=O)C(C)(C)C)C(=O)N1Cc1ccccc1.O=C=O. The molecule has 3 aliphatic rings. The van der Waals surface area contributed by atoms with Gasteiger partial charge in [-0.2, -0.15) is 19.7 Å². The van der Waals surface area contributed by atoms with Gasteiger partial charge in [-0.1, -0.05) is 111 Å². The fourth-order valence-corrected chi connectivity index (χ4v) is 7.78. The summed E-state index contributed by atoms with van der Waals surface area (Å²) in [5.41, 5.74) is 6.94. The first kappa shape index (κ1) is 53.8. The van der Waals surface area contributed by atoms with Crippen LogP contribution in [-0.2, 0) is 40.0 Å². The molecule has 18 nitrogen and oxygen atoms in total. The third-order valence-corrected chi connectivity index (χ3v) is 11.6. The van der Waals surface area contributed by atoms with E-state index in [0.717, 1.165) is 21.7 Å². The maximum Gasteiger partial charge on any atom is 0.373 e. The van der Waals surface area contributed by atoms with Crippen molar-refractivity contribution in [1.29, 1.82) is 0 Å². The molecule has 5 amide bonds. The number of aryl methyl sites for hydroxylation is 1. The molecule has 2 saturated heterocycles. The van der Waals surface area contributed by atoms with Crippen molar-refractivity contribution >= 4 is 70.1 Å². The molecule has 2 fully saturated rings. The number of carbonyl (C=O) groups is 5. The van der Waals surface area contributed by atoms with Gasteiger partial charge in [0.25, 0.3) is 17.7 Å². The summed E-state index contributed by atoms with van der Waals surface area (Å²) in [6.45, 7) is 12.4. The van der Waals surface area contributed by atoms with Crippen LogP contribution in [-0.4, -0.2) is 97.7 Å². The number of carbonyl (C=O) groups excluding carboxylic acids is 7. The van der Waals surface area contributed by atoms with Crippen molar-refractivity contribution in [2.24, 2.45) is 16.4 Å². The molecule has 5 N–H and O–H groups in total. The summed E-state index contributed by atoms with van der Waals surface area (Å²) in [5, 5.41) is 39.5. The highest BCUT2D eigenvalue weighted by Crippen LogP contribution is 2.32. The minimum Gasteiger partial charge on any atom is -0.372 e. The van der Waals surface area contributed by atoms with Crippen molar-refractivity contribution in [2.75, 3.05) is 21.9 Å². The van der Waals surface area contributed by atoms with Gasteiger partial charge in [-0.15, -0.1) is 0 Å². The second-order valence-corrected chi connectivity index (χ2v) is 17.7. The normalized spacial score (nSPS) is 20.0. The molecule has 0 aliphatic carbocycles. The highest BCUT2D eigenvalue weighted by atomic mass is 35.5. The highest BCUT2D eigenvalue weighted by molar-refractivity contribution is 6.34. The number of hydrazine groups is 1. The first-order valence-electron chi connectivity index (χ1n) is 22.2. The molecule has 4 aromatic carbocycles. The first-order chi connectivity index (χ1) is 33.2. The molecule has 19 heteroatoms. The number of Topliss-reactive ketones (excluding diaryl/α,β-unsaturated/α-hetero) is 1. The van der Waals surface area contributed by atoms with Gasteiger partial charge < -0.3 is 25.4 Å². The number of urea groups is 1. The molecule has 70 heavy (non-hydrogen) atoms. The monoisotopic (exact) mass is 977 g/mol. The van der Waals surface area contributed by atoms with Crippen LogP contribution in [0.5, 0.6) is 0 Å². The number of ketones is 1. The quantitative estimate of drug-likeness (QED) is 0.0445. The van der Waals surface area contributed by atoms with Gasteiger partial charge in [0.15, 0.2) is 18.1 Å². The van der Waals surface area contributed by atoms with Gasteiger partial charge in [0.1, 0.15) is 6.23 Å². The lowest BCUT2D eigenvalue weighted by Crippen LogP contribution is -2.55. The predicted octanol–water partition coefficient (Wildman–Crippen LogP) is 6.04. The molecule has 4 aromatic rings. The van der Waals surface area contributed by atoms with E-state index in [4.69, 9.17) is 25.9 Å². The maximum absolute atomic E-state index is 13.5. The van der Waals surface area contributed by atoms with Gasteiger partial charge in [-0.3, -0.25) is 29.1 Å². The van der Waals surface area contributed by atoms with Gasteiger partial charge in [0.2, 0.25) is 6.23 Å². The number of halogens is 1. The largest absolute Gasteiger partial charge is 0.373 e. The Morgan fingerprint density at radius 1 is 0.929 bits per heavy atom. The fraction of sp³-hybridized carbons (Fsp3) is 0.314. The third kappa shape index (κ3) is 12.7. The summed E-state index contributed by atoms with van der Waals surface area (Å²) in [5.74, 6) is -2.61. The van der Waals surface area contributed by atoms with Crippen molar-refractivity contribution in [1.82, 2.24) is 15.2 Å². The number of anilines is 3. The lowest BCUT2D eigenvalue weighted by Gasteiger charge is -2.29. The number of hydrazone groups is 1. The second kappa shape index (κ2) is 23.9. The van der Waals surface area contributed by atoms with E-state index in [-0.39, 0.29) is 47.9 Å². The van der Waals surface area contributed by atoms with E-state index in [9.17, 15) is 39.3 Å². The van der Waals surface area contributed by atoms with Crippen LogP contribution in [0.4, 0.5) is 21.9 Å². The number of amides is 5. The Balaban J connectivity index is 0.000000248. The zero-order valence-electron chi connectivity index (χ0n) is 39.6. The molecule has 368 valence electrons. The van der Waals surface area contributed by atoms with E-state index in [2.05, 4.69) is 15.8 Å². The number of para-hydroxylation sites is 1. The fourth-order valence-electron chi connectivity index (χ4n) is 7.62. The number of hydrogen-bond donors (Lipinski definition) is 5. The molecule has 0 bridgehead atoms. The summed E-state index contributed by atoms with van der Waals surface area (Å²) >= 11 is 6.23. The van der Waals surface area contributed by atoms with E-state index in [1.165, 1.54) is 22.0 Å². The molecule has 0 spiro atoms. The molecule has 0 aromatic heterocycles. The predicted molar refractivity (Wildman–Crippen MR) is 260 cm³/mol. The average Bonchev–Trinajstić information content (AvgIpc) is 3.86. The van der Waals surface area contributed by atoms with Crippen molar-refractivity contribution in [3.8, 4) is 0 Å². The second-order valence-electron chi connectivity index (χ2n) is 17.3. The van der Waals surface area contributed by atoms with Crippen LogP contribution in [0.25, 0.3) is 0 Å². The number of aliphatic hydroxyl groups excluding tert-OH is 2. The number of imide groups is 1. The standard InChI is InChI=1S/C26H30ClN3O5.C24H26N4O4.CO2/c1-6-35-24-23(33)30(25(34)29(24)15-17-10-8-7-9-11-17)20(21(31)26(3,4)5)22(32)28-19-14-16(2)12-13-18(19)27;1-15-20(22(29)27(25-15)18-7-4-3-5-8-18)9-6-10-21-16(2)26-28(23(21)30)19-13-11-17(12-14-19)24(31)32;2-1-3/h7-14,20,24H,6,15H2,1-5H3,(H,28,32);3-15,20,22,24-25,29,31-32H,1-2H3;/b;9-6+,21-10+;. The third-order valence-electron chi connectivity index (χ3n) is 11.2. The Kier molecular flexibility index (Phi) is 18.4. The van der Waals surface area contributed by atoms with Crippen molar-refractivity contribution in [3.05, 3.63) is 149 Å². The first-order valence-corrected chi connectivity index (χ1v) is 22.5. The number of hydrogen-bond acceptors (Lipinski definition) is 14. The lowest BCUT2D eigenvalue weighted by molar-refractivity contribution is -0.191. The molecule has 5 unspecified atom stereocenters. The molecule has 7 rings (SSSR count). The highest BCUT2D eigenvalue weighted by Gasteiger charge is 2.54. The van der Waals surface area contributed by atoms with Gasteiger partial charge >= 0.3 is 12.2 Å². The number of benzene rings is 4. The van der Waals surface area contributed by atoms with Crippen LogP contribution < -0.4 is 20.8 Å². The van der Waals surface area contributed by atoms with Gasteiger partial charge in [-0.05, 0) is 81.3 Å². The summed E-state index contributed by atoms with van der Waals surface area (Å²) in [7, 11) is 0. The zero-order chi connectivity index (χ0) is 51.4. The number of ether oxygens (including phenoxy) is 1. The van der Waals surface area contributed by atoms with Crippen LogP contribution in [0.15, 0.2) is 132 Å². The van der Waals surface area contributed by atoms with Crippen LogP contribution in [0.2, 0.25) is 5.02 Å². The number of allylic oxidation sites excluding steroid dienone is 2. The van der Waals surface area contributed by atoms with Crippen LogP contribution in [0.1, 0.15) is 64.5 Å². The van der Waals surface area contributed by atoms with E-state index >= 15 is 0 Å². The van der Waals surface area contributed by atoms with Gasteiger partial charge in [0, 0.05) is 29.5 Å². The lowest BCUT2D eigenvalue weighted by atomic mass is 9.85. The Morgan fingerprint density at radius 2 is 1.54 bits per heavy atom. The zero-order valence-corrected chi connectivity index (χ0v) is 40.4. The Labute approximate surface area is 410 Å².